The Hall–Kier alpha value is -1.26. The van der Waals surface area contributed by atoms with Gasteiger partial charge >= 0.3 is 12.0 Å². The summed E-state index contributed by atoms with van der Waals surface area (Å²) < 4.78 is 0. The Morgan fingerprint density at radius 2 is 1.95 bits per heavy atom. The normalized spacial score (nSPS) is 19.2. The van der Waals surface area contributed by atoms with Gasteiger partial charge in [0.25, 0.3) is 0 Å². The summed E-state index contributed by atoms with van der Waals surface area (Å²) in [5, 5.41) is 11.6. The number of carbonyl (C=O) groups is 2. The fourth-order valence-corrected chi connectivity index (χ4v) is 2.71. The fraction of sp³-hybridized carbons (Fsp3) is 0.857. The molecule has 0 aromatic carbocycles. The lowest BCUT2D eigenvalue weighted by Gasteiger charge is -2.27. The first-order valence-electron chi connectivity index (χ1n) is 7.23. The van der Waals surface area contributed by atoms with Crippen molar-refractivity contribution in [2.75, 3.05) is 13.1 Å². The molecule has 0 bridgehead atoms. The molecule has 1 fully saturated rings. The van der Waals surface area contributed by atoms with Gasteiger partial charge in [0.05, 0.1) is 6.42 Å². The maximum absolute atomic E-state index is 12.1. The highest BCUT2D eigenvalue weighted by Crippen LogP contribution is 2.36. The number of carbonyl (C=O) groups excluding carboxylic acids is 1. The molecule has 0 aromatic heterocycles. The Morgan fingerprint density at radius 3 is 2.37 bits per heavy atom. The zero-order chi connectivity index (χ0) is 14.5. The van der Waals surface area contributed by atoms with E-state index < -0.39 is 5.97 Å². The van der Waals surface area contributed by atoms with Crippen LogP contribution in [0, 0.1) is 5.41 Å². The molecule has 110 valence electrons. The maximum Gasteiger partial charge on any atom is 0.317 e. The Morgan fingerprint density at radius 1 is 1.32 bits per heavy atom. The molecule has 1 saturated heterocycles. The first-order chi connectivity index (χ1) is 8.96. The number of aliphatic carboxylic acids is 1. The van der Waals surface area contributed by atoms with Crippen molar-refractivity contribution in [1.29, 1.82) is 0 Å². The summed E-state index contributed by atoms with van der Waals surface area (Å²) in [6.07, 6.45) is 3.84. The van der Waals surface area contributed by atoms with Gasteiger partial charge in [-0.25, -0.2) is 4.79 Å². The van der Waals surface area contributed by atoms with Crippen LogP contribution in [0.25, 0.3) is 0 Å². The topological polar surface area (TPSA) is 69.6 Å². The van der Waals surface area contributed by atoms with Crippen molar-refractivity contribution in [2.24, 2.45) is 5.41 Å². The van der Waals surface area contributed by atoms with Gasteiger partial charge in [-0.1, -0.05) is 20.8 Å². The van der Waals surface area contributed by atoms with Crippen molar-refractivity contribution in [3.8, 4) is 0 Å². The molecule has 5 heteroatoms. The minimum atomic E-state index is -0.870. The zero-order valence-corrected chi connectivity index (χ0v) is 12.2. The molecule has 1 aliphatic heterocycles. The van der Waals surface area contributed by atoms with E-state index in [4.69, 9.17) is 5.11 Å². The van der Waals surface area contributed by atoms with Crippen LogP contribution in [0.2, 0.25) is 0 Å². The molecule has 1 unspecified atom stereocenters. The van der Waals surface area contributed by atoms with Crippen LogP contribution in [0.15, 0.2) is 0 Å². The second-order valence-corrected chi connectivity index (χ2v) is 5.53. The highest BCUT2D eigenvalue weighted by Gasteiger charge is 2.37. The predicted molar refractivity (Wildman–Crippen MR) is 74.1 cm³/mol. The van der Waals surface area contributed by atoms with Crippen LogP contribution in [0.3, 0.4) is 0 Å². The Balaban J connectivity index is 2.53. The molecule has 1 heterocycles. The van der Waals surface area contributed by atoms with E-state index in [0.717, 1.165) is 32.4 Å². The van der Waals surface area contributed by atoms with Crippen LogP contribution < -0.4 is 5.32 Å². The van der Waals surface area contributed by atoms with E-state index in [-0.39, 0.29) is 23.9 Å². The van der Waals surface area contributed by atoms with E-state index in [1.54, 1.807) is 0 Å². The van der Waals surface area contributed by atoms with Gasteiger partial charge in [-0.05, 0) is 31.1 Å². The van der Waals surface area contributed by atoms with Gasteiger partial charge in [-0.15, -0.1) is 0 Å². The number of carboxylic acids is 1. The van der Waals surface area contributed by atoms with Crippen molar-refractivity contribution in [3.05, 3.63) is 0 Å². The molecular formula is C14H26N2O3. The van der Waals surface area contributed by atoms with Crippen molar-refractivity contribution in [1.82, 2.24) is 10.2 Å². The quantitative estimate of drug-likeness (QED) is 0.779. The molecule has 1 rings (SSSR count). The third kappa shape index (κ3) is 4.11. The lowest BCUT2D eigenvalue weighted by molar-refractivity contribution is -0.137. The number of nitrogens with zero attached hydrogens (tertiary/aromatic N) is 1. The van der Waals surface area contributed by atoms with Crippen molar-refractivity contribution in [3.63, 3.8) is 0 Å². The van der Waals surface area contributed by atoms with E-state index in [2.05, 4.69) is 19.2 Å². The SMILES string of the molecule is CCC(CC(=O)O)NC(=O)N1CCC(CC)(CC)C1. The van der Waals surface area contributed by atoms with Crippen LogP contribution in [-0.4, -0.2) is 41.1 Å². The number of hydrogen-bond donors (Lipinski definition) is 2. The minimum Gasteiger partial charge on any atom is -0.481 e. The summed E-state index contributed by atoms with van der Waals surface area (Å²) in [6.45, 7) is 7.79. The van der Waals surface area contributed by atoms with E-state index in [1.165, 1.54) is 0 Å². The fourth-order valence-electron chi connectivity index (χ4n) is 2.71. The van der Waals surface area contributed by atoms with Gasteiger partial charge in [-0.3, -0.25) is 4.79 Å². The van der Waals surface area contributed by atoms with E-state index in [0.29, 0.717) is 6.42 Å². The first kappa shape index (κ1) is 15.8. The van der Waals surface area contributed by atoms with Gasteiger partial charge in [0, 0.05) is 19.1 Å². The minimum absolute atomic E-state index is 0.0111. The molecule has 19 heavy (non-hydrogen) atoms. The van der Waals surface area contributed by atoms with Crippen LogP contribution in [-0.2, 0) is 4.79 Å². The lowest BCUT2D eigenvalue weighted by Crippen LogP contribution is -2.45. The maximum atomic E-state index is 12.1. The standard InChI is InChI=1S/C14H26N2O3/c1-4-11(9-12(17)18)15-13(19)16-8-7-14(5-2,6-3)10-16/h11H,4-10H2,1-3H3,(H,15,19)(H,17,18). The second-order valence-electron chi connectivity index (χ2n) is 5.53. The zero-order valence-electron chi connectivity index (χ0n) is 12.2. The molecule has 2 amide bonds. The van der Waals surface area contributed by atoms with Crippen LogP contribution in [0.1, 0.15) is 52.9 Å². The van der Waals surface area contributed by atoms with E-state index in [1.807, 2.05) is 11.8 Å². The van der Waals surface area contributed by atoms with Gasteiger partial charge < -0.3 is 15.3 Å². The average Bonchev–Trinajstić information content (AvgIpc) is 2.82. The lowest BCUT2D eigenvalue weighted by atomic mass is 9.82. The summed E-state index contributed by atoms with van der Waals surface area (Å²) in [5.41, 5.74) is 0.256. The van der Waals surface area contributed by atoms with Crippen LogP contribution in [0.4, 0.5) is 4.79 Å². The molecule has 0 radical (unpaired) electrons. The highest BCUT2D eigenvalue weighted by atomic mass is 16.4. The summed E-state index contributed by atoms with van der Waals surface area (Å²) >= 11 is 0. The molecule has 2 N–H and O–H groups in total. The number of nitrogens with one attached hydrogen (secondary N) is 1. The molecule has 5 nitrogen and oxygen atoms in total. The number of amides is 2. The molecule has 0 saturated carbocycles. The Bertz CT molecular complexity index is 327. The van der Waals surface area contributed by atoms with Gasteiger partial charge in [0.1, 0.15) is 0 Å². The summed E-state index contributed by atoms with van der Waals surface area (Å²) in [5.74, 6) is -0.870. The predicted octanol–water partition coefficient (Wildman–Crippen LogP) is 2.46. The van der Waals surface area contributed by atoms with Crippen molar-refractivity contribution in [2.45, 2.75) is 58.9 Å². The number of hydrogen-bond acceptors (Lipinski definition) is 2. The third-order valence-corrected chi connectivity index (χ3v) is 4.47. The molecule has 0 aromatic rings. The van der Waals surface area contributed by atoms with Crippen molar-refractivity contribution >= 4 is 12.0 Å². The molecule has 1 atom stereocenters. The number of likely N-dealkylation sites (tertiary alicyclic amines) is 1. The van der Waals surface area contributed by atoms with Crippen LogP contribution >= 0.6 is 0 Å². The molecule has 0 aliphatic carbocycles. The number of carboxylic acid groups (broad SMARTS) is 1. The molecular weight excluding hydrogens is 244 g/mol. The second kappa shape index (κ2) is 6.78. The first-order valence-corrected chi connectivity index (χ1v) is 7.23. The monoisotopic (exact) mass is 270 g/mol. The molecule has 1 aliphatic rings. The summed E-state index contributed by atoms with van der Waals surface area (Å²) in [7, 11) is 0. The molecule has 0 spiro atoms. The van der Waals surface area contributed by atoms with Crippen molar-refractivity contribution < 1.29 is 14.7 Å². The Labute approximate surface area is 115 Å². The number of urea groups is 1. The largest absolute Gasteiger partial charge is 0.481 e. The number of rotatable bonds is 6. The smallest absolute Gasteiger partial charge is 0.317 e. The Kier molecular flexibility index (Phi) is 5.63. The summed E-state index contributed by atoms with van der Waals surface area (Å²) in [4.78, 5) is 24.7. The summed E-state index contributed by atoms with van der Waals surface area (Å²) in [6, 6.07) is -0.389. The van der Waals surface area contributed by atoms with Gasteiger partial charge in [-0.2, -0.15) is 0 Å². The van der Waals surface area contributed by atoms with E-state index in [9.17, 15) is 9.59 Å². The van der Waals surface area contributed by atoms with Gasteiger partial charge in [0.15, 0.2) is 0 Å². The average molecular weight is 270 g/mol. The van der Waals surface area contributed by atoms with Gasteiger partial charge in [0.2, 0.25) is 0 Å². The van der Waals surface area contributed by atoms with E-state index >= 15 is 0 Å². The van der Waals surface area contributed by atoms with Crippen LogP contribution in [0.5, 0.6) is 0 Å². The highest BCUT2D eigenvalue weighted by molar-refractivity contribution is 5.76. The third-order valence-electron chi connectivity index (χ3n) is 4.47.